The number of carbonyl (C=O) groups is 3. The Morgan fingerprint density at radius 2 is 1.91 bits per heavy atom. The molecule has 1 aromatic rings. The highest BCUT2D eigenvalue weighted by Crippen LogP contribution is 2.04. The maximum absolute atomic E-state index is 11.9. The van der Waals surface area contributed by atoms with E-state index in [9.17, 15) is 19.2 Å². The Morgan fingerprint density at radius 1 is 1.26 bits per heavy atom. The number of hydrogen-bond acceptors (Lipinski definition) is 4. The summed E-state index contributed by atoms with van der Waals surface area (Å²) in [5.74, 6) is -2.36. The van der Waals surface area contributed by atoms with Gasteiger partial charge in [0.15, 0.2) is 0 Å². The molecule has 0 aromatic carbocycles. The van der Waals surface area contributed by atoms with Gasteiger partial charge in [-0.25, -0.2) is 4.79 Å². The maximum Gasteiger partial charge on any atom is 0.326 e. The molecule has 126 valence electrons. The Morgan fingerprint density at radius 3 is 2.43 bits per heavy atom. The zero-order valence-electron chi connectivity index (χ0n) is 13.3. The molecule has 1 aromatic heterocycles. The van der Waals surface area contributed by atoms with Crippen molar-refractivity contribution in [3.8, 4) is 0 Å². The van der Waals surface area contributed by atoms with Gasteiger partial charge in [-0.05, 0) is 31.4 Å². The van der Waals surface area contributed by atoms with Crippen LogP contribution in [0.4, 0.5) is 0 Å². The lowest BCUT2D eigenvalue weighted by molar-refractivity contribution is -0.142. The highest BCUT2D eigenvalue weighted by Gasteiger charge is 2.21. The summed E-state index contributed by atoms with van der Waals surface area (Å²) >= 11 is 0. The molecule has 0 aliphatic carbocycles. The molecule has 0 unspecified atom stereocenters. The van der Waals surface area contributed by atoms with Gasteiger partial charge in [-0.3, -0.25) is 14.4 Å². The van der Waals surface area contributed by atoms with E-state index in [0.29, 0.717) is 5.69 Å². The number of hydrogen-bond donors (Lipinski definition) is 4. The lowest BCUT2D eigenvalue weighted by atomic mass is 10.0. The topological polar surface area (TPSA) is 128 Å². The van der Waals surface area contributed by atoms with Crippen LogP contribution in [-0.2, 0) is 9.59 Å². The van der Waals surface area contributed by atoms with Gasteiger partial charge in [-0.2, -0.15) is 0 Å². The molecule has 0 radical (unpaired) electrons. The van der Waals surface area contributed by atoms with Gasteiger partial charge in [-0.15, -0.1) is 0 Å². The molecule has 23 heavy (non-hydrogen) atoms. The zero-order valence-corrected chi connectivity index (χ0v) is 13.3. The average Bonchev–Trinajstić information content (AvgIpc) is 2.43. The number of carboxylic acids is 1. The summed E-state index contributed by atoms with van der Waals surface area (Å²) in [5.41, 5.74) is -0.0474. The van der Waals surface area contributed by atoms with Crippen LogP contribution in [0.25, 0.3) is 0 Å². The van der Waals surface area contributed by atoms with Gasteiger partial charge in [0.2, 0.25) is 5.91 Å². The molecule has 0 saturated carbocycles. The monoisotopic (exact) mass is 323 g/mol. The maximum atomic E-state index is 11.9. The summed E-state index contributed by atoms with van der Waals surface area (Å²) in [6.45, 7) is 4.95. The van der Waals surface area contributed by atoms with Crippen LogP contribution < -0.4 is 16.2 Å². The standard InChI is InChI=1S/C15H21N3O5/c1-8(2)6-11(15(22)23)18-12(19)7-16-13(20)10-5-4-9(3)17-14(10)21/h4-5,8,11H,6-7H2,1-3H3,(H,16,20)(H,17,21)(H,18,19)(H,22,23)/t11-/m0/s1. The smallest absolute Gasteiger partial charge is 0.326 e. The molecule has 1 rings (SSSR count). The Balaban J connectivity index is 2.59. The van der Waals surface area contributed by atoms with Gasteiger partial charge in [-0.1, -0.05) is 13.8 Å². The fourth-order valence-corrected chi connectivity index (χ4v) is 1.94. The summed E-state index contributed by atoms with van der Waals surface area (Å²) in [5, 5.41) is 13.7. The molecule has 8 heteroatoms. The summed E-state index contributed by atoms with van der Waals surface area (Å²) in [7, 11) is 0. The first-order valence-electron chi connectivity index (χ1n) is 7.21. The van der Waals surface area contributed by atoms with Crippen molar-refractivity contribution in [1.29, 1.82) is 0 Å². The first-order valence-corrected chi connectivity index (χ1v) is 7.21. The SMILES string of the molecule is Cc1ccc(C(=O)NCC(=O)N[C@@H](CC(C)C)C(=O)O)c(=O)[nH]1. The van der Waals surface area contributed by atoms with E-state index in [1.165, 1.54) is 6.07 Å². The van der Waals surface area contributed by atoms with Crippen LogP contribution in [0.15, 0.2) is 16.9 Å². The molecule has 1 heterocycles. The molecule has 0 saturated heterocycles. The Hall–Kier alpha value is -2.64. The highest BCUT2D eigenvalue weighted by molar-refractivity contribution is 5.96. The van der Waals surface area contributed by atoms with Crippen molar-refractivity contribution in [2.24, 2.45) is 5.92 Å². The number of carbonyl (C=O) groups excluding carboxylic acids is 2. The van der Waals surface area contributed by atoms with Crippen LogP contribution in [0.5, 0.6) is 0 Å². The summed E-state index contributed by atoms with van der Waals surface area (Å²) in [6, 6.07) is 1.92. The molecule has 8 nitrogen and oxygen atoms in total. The predicted molar refractivity (Wildman–Crippen MR) is 83.2 cm³/mol. The third-order valence-electron chi connectivity index (χ3n) is 3.05. The summed E-state index contributed by atoms with van der Waals surface area (Å²) in [6.07, 6.45) is 0.284. The number of aliphatic carboxylic acids is 1. The van der Waals surface area contributed by atoms with Gasteiger partial charge in [0.1, 0.15) is 11.6 Å². The van der Waals surface area contributed by atoms with E-state index in [1.807, 2.05) is 13.8 Å². The van der Waals surface area contributed by atoms with Crippen LogP contribution in [0.2, 0.25) is 0 Å². The molecule has 4 N–H and O–H groups in total. The van der Waals surface area contributed by atoms with Crippen LogP contribution in [0, 0.1) is 12.8 Å². The Labute approximate surface area is 133 Å². The number of H-pyrrole nitrogens is 1. The minimum absolute atomic E-state index is 0.0945. The molecule has 0 aliphatic rings. The van der Waals surface area contributed by atoms with Gasteiger partial charge in [0.25, 0.3) is 11.5 Å². The van der Waals surface area contributed by atoms with E-state index in [-0.39, 0.29) is 17.9 Å². The van der Waals surface area contributed by atoms with Gasteiger partial charge >= 0.3 is 5.97 Å². The van der Waals surface area contributed by atoms with E-state index in [2.05, 4.69) is 15.6 Å². The van der Waals surface area contributed by atoms with Gasteiger partial charge in [0, 0.05) is 5.69 Å². The zero-order chi connectivity index (χ0) is 17.6. The van der Waals surface area contributed by atoms with Crippen molar-refractivity contribution < 1.29 is 19.5 Å². The summed E-state index contributed by atoms with van der Waals surface area (Å²) < 4.78 is 0. The number of pyridine rings is 1. The third kappa shape index (κ3) is 5.93. The molecule has 0 fully saturated rings. The molecule has 0 aliphatic heterocycles. The largest absolute Gasteiger partial charge is 0.480 e. The fraction of sp³-hybridized carbons (Fsp3) is 0.467. The Kier molecular flexibility index (Phi) is 6.49. The van der Waals surface area contributed by atoms with Crippen molar-refractivity contribution in [3.63, 3.8) is 0 Å². The van der Waals surface area contributed by atoms with Gasteiger partial charge < -0.3 is 20.7 Å². The quantitative estimate of drug-likeness (QED) is 0.563. The van der Waals surface area contributed by atoms with Crippen LogP contribution >= 0.6 is 0 Å². The number of aromatic nitrogens is 1. The van der Waals surface area contributed by atoms with Gasteiger partial charge in [0.05, 0.1) is 6.54 Å². The molecular weight excluding hydrogens is 302 g/mol. The second-order valence-electron chi connectivity index (χ2n) is 5.65. The number of aromatic amines is 1. The minimum atomic E-state index is -1.13. The second kappa shape index (κ2) is 8.11. The van der Waals surface area contributed by atoms with Crippen molar-refractivity contribution in [2.75, 3.05) is 6.54 Å². The van der Waals surface area contributed by atoms with Crippen LogP contribution in [0.1, 0.15) is 36.3 Å². The average molecular weight is 323 g/mol. The van der Waals surface area contributed by atoms with E-state index >= 15 is 0 Å². The highest BCUT2D eigenvalue weighted by atomic mass is 16.4. The van der Waals surface area contributed by atoms with Crippen LogP contribution in [0.3, 0.4) is 0 Å². The van der Waals surface area contributed by atoms with E-state index in [0.717, 1.165) is 0 Å². The first kappa shape index (κ1) is 18.4. The number of amides is 2. The number of nitrogens with one attached hydrogen (secondary N) is 3. The van der Waals surface area contributed by atoms with Crippen molar-refractivity contribution in [1.82, 2.24) is 15.6 Å². The van der Waals surface area contributed by atoms with Crippen molar-refractivity contribution in [2.45, 2.75) is 33.2 Å². The van der Waals surface area contributed by atoms with Crippen LogP contribution in [-0.4, -0.2) is 40.5 Å². The molecular formula is C15H21N3O5. The lowest BCUT2D eigenvalue weighted by Crippen LogP contribution is -2.46. The molecule has 0 bridgehead atoms. The summed E-state index contributed by atoms with van der Waals surface area (Å²) in [4.78, 5) is 48.8. The van der Waals surface area contributed by atoms with E-state index in [4.69, 9.17) is 5.11 Å². The third-order valence-corrected chi connectivity index (χ3v) is 3.05. The second-order valence-corrected chi connectivity index (χ2v) is 5.65. The normalized spacial score (nSPS) is 11.8. The minimum Gasteiger partial charge on any atom is -0.480 e. The first-order chi connectivity index (χ1) is 10.7. The van der Waals surface area contributed by atoms with Crippen molar-refractivity contribution >= 4 is 17.8 Å². The molecule has 0 spiro atoms. The van der Waals surface area contributed by atoms with Crippen molar-refractivity contribution in [3.05, 3.63) is 33.7 Å². The predicted octanol–water partition coefficient (Wildman–Crippen LogP) is 0.0286. The number of rotatable bonds is 7. The lowest BCUT2D eigenvalue weighted by Gasteiger charge is -2.16. The van der Waals surface area contributed by atoms with E-state index in [1.54, 1.807) is 13.0 Å². The number of carboxylic acid groups (broad SMARTS) is 1. The molecule has 1 atom stereocenters. The Bertz CT molecular complexity index is 651. The number of aryl methyl sites for hydroxylation is 1. The molecule has 2 amide bonds. The van der Waals surface area contributed by atoms with E-state index < -0.39 is 35.9 Å². The fourth-order valence-electron chi connectivity index (χ4n) is 1.94.